The minimum atomic E-state index is -1.01. The summed E-state index contributed by atoms with van der Waals surface area (Å²) in [4.78, 5) is 37.1. The summed E-state index contributed by atoms with van der Waals surface area (Å²) in [6, 6.07) is 19.1. The zero-order chi connectivity index (χ0) is 25.5. The molecule has 36 heavy (non-hydrogen) atoms. The lowest BCUT2D eigenvalue weighted by atomic mass is 10.0. The van der Waals surface area contributed by atoms with E-state index < -0.39 is 23.7 Å². The van der Waals surface area contributed by atoms with Gasteiger partial charge in [-0.2, -0.15) is 0 Å². The van der Waals surface area contributed by atoms with Gasteiger partial charge in [-0.3, -0.25) is 14.6 Å². The van der Waals surface area contributed by atoms with Crippen LogP contribution in [0.5, 0.6) is 5.75 Å². The summed E-state index contributed by atoms with van der Waals surface area (Å²) < 4.78 is 18.7. The first kappa shape index (κ1) is 24.5. The van der Waals surface area contributed by atoms with Crippen LogP contribution in [0.1, 0.15) is 33.2 Å². The van der Waals surface area contributed by atoms with Gasteiger partial charge in [-0.05, 0) is 54.4 Å². The van der Waals surface area contributed by atoms with Crippen LogP contribution in [-0.4, -0.2) is 33.8 Å². The largest absolute Gasteiger partial charge is 0.497 e. The molecule has 0 aliphatic carbocycles. The molecule has 8 heteroatoms. The number of carbonyl (C=O) groups excluding carboxylic acids is 2. The van der Waals surface area contributed by atoms with Gasteiger partial charge in [0.05, 0.1) is 13.3 Å². The molecule has 1 atom stereocenters. The number of rotatable bonds is 8. The second kappa shape index (κ2) is 11.2. The van der Waals surface area contributed by atoms with Crippen molar-refractivity contribution >= 4 is 17.5 Å². The molecule has 0 spiro atoms. The topological polar surface area (TPSA) is 84.4 Å². The molecule has 2 amide bonds. The number of hydrogen-bond acceptors (Lipinski definition) is 5. The van der Waals surface area contributed by atoms with Crippen molar-refractivity contribution in [3.05, 3.63) is 120 Å². The summed E-state index contributed by atoms with van der Waals surface area (Å²) in [6.07, 6.45) is 4.27. The normalized spacial score (nSPS) is 11.4. The van der Waals surface area contributed by atoms with Crippen molar-refractivity contribution < 1.29 is 18.7 Å². The van der Waals surface area contributed by atoms with E-state index >= 15 is 0 Å². The average molecular weight is 485 g/mol. The molecule has 1 heterocycles. The summed E-state index contributed by atoms with van der Waals surface area (Å²) in [6.45, 7) is 2.06. The Morgan fingerprint density at radius 2 is 1.67 bits per heavy atom. The Hall–Kier alpha value is -4.59. The molecule has 0 radical (unpaired) electrons. The number of anilines is 1. The molecule has 0 bridgehead atoms. The number of amides is 2. The summed E-state index contributed by atoms with van der Waals surface area (Å²) in [5, 5.41) is 2.82. The zero-order valence-corrected chi connectivity index (χ0v) is 19.9. The predicted octanol–water partition coefficient (Wildman–Crippen LogP) is 4.96. The zero-order valence-electron chi connectivity index (χ0n) is 19.9. The van der Waals surface area contributed by atoms with Crippen LogP contribution >= 0.6 is 0 Å². The van der Waals surface area contributed by atoms with E-state index in [-0.39, 0.29) is 12.2 Å². The standard InChI is InChI=1S/C28H25FN4O3/c1-19-3-7-21(8-4-19)26(27(34)32-23-11-9-22(29)10-12-23)33(28(35)25-17-30-15-16-31-25)18-20-5-13-24(36-2)14-6-20/h3-17,26H,18H2,1-2H3,(H,32,34). The Labute approximate surface area is 208 Å². The van der Waals surface area contributed by atoms with Crippen LogP contribution in [0.4, 0.5) is 10.1 Å². The van der Waals surface area contributed by atoms with Crippen LogP contribution in [0.2, 0.25) is 0 Å². The molecule has 1 N–H and O–H groups in total. The van der Waals surface area contributed by atoms with Crippen molar-refractivity contribution in [1.29, 1.82) is 0 Å². The third kappa shape index (κ3) is 5.90. The Kier molecular flexibility index (Phi) is 7.65. The van der Waals surface area contributed by atoms with E-state index in [1.165, 1.54) is 47.8 Å². The Bertz CT molecular complexity index is 1310. The summed E-state index contributed by atoms with van der Waals surface area (Å²) >= 11 is 0. The molecule has 0 aliphatic heterocycles. The first-order valence-corrected chi connectivity index (χ1v) is 11.3. The SMILES string of the molecule is COc1ccc(CN(C(=O)c2cnccn2)C(C(=O)Nc2ccc(F)cc2)c2ccc(C)cc2)cc1. The molecular weight excluding hydrogens is 459 g/mol. The van der Waals surface area contributed by atoms with Crippen LogP contribution < -0.4 is 10.1 Å². The highest BCUT2D eigenvalue weighted by atomic mass is 19.1. The van der Waals surface area contributed by atoms with E-state index in [1.807, 2.05) is 43.3 Å². The molecule has 4 aromatic rings. The fourth-order valence-electron chi connectivity index (χ4n) is 3.73. The van der Waals surface area contributed by atoms with Gasteiger partial charge in [-0.15, -0.1) is 0 Å². The van der Waals surface area contributed by atoms with Crippen LogP contribution in [0, 0.1) is 12.7 Å². The highest BCUT2D eigenvalue weighted by Gasteiger charge is 2.33. The van der Waals surface area contributed by atoms with Crippen molar-refractivity contribution in [1.82, 2.24) is 14.9 Å². The number of nitrogens with zero attached hydrogens (tertiary/aromatic N) is 3. The highest BCUT2D eigenvalue weighted by molar-refractivity contribution is 6.00. The van der Waals surface area contributed by atoms with Gasteiger partial charge in [0.25, 0.3) is 11.8 Å². The molecule has 0 saturated heterocycles. The molecule has 7 nitrogen and oxygen atoms in total. The monoisotopic (exact) mass is 484 g/mol. The minimum Gasteiger partial charge on any atom is -0.497 e. The van der Waals surface area contributed by atoms with Crippen molar-refractivity contribution in [3.63, 3.8) is 0 Å². The van der Waals surface area contributed by atoms with E-state index in [0.29, 0.717) is 17.0 Å². The number of methoxy groups -OCH3 is 1. The van der Waals surface area contributed by atoms with Crippen LogP contribution in [0.25, 0.3) is 0 Å². The van der Waals surface area contributed by atoms with E-state index in [4.69, 9.17) is 4.74 Å². The smallest absolute Gasteiger partial charge is 0.275 e. The van der Waals surface area contributed by atoms with E-state index in [2.05, 4.69) is 15.3 Å². The number of nitrogens with one attached hydrogen (secondary N) is 1. The molecule has 0 fully saturated rings. The molecule has 0 aliphatic rings. The van der Waals surface area contributed by atoms with E-state index in [9.17, 15) is 14.0 Å². The second-order valence-corrected chi connectivity index (χ2v) is 8.18. The molecule has 0 saturated carbocycles. The summed E-state index contributed by atoms with van der Waals surface area (Å²) in [5.41, 5.74) is 2.94. The number of benzene rings is 3. The molecular formula is C28H25FN4O3. The molecule has 1 aromatic heterocycles. The molecule has 1 unspecified atom stereocenters. The van der Waals surface area contributed by atoms with Gasteiger partial charge < -0.3 is 15.0 Å². The number of aryl methyl sites for hydroxylation is 1. The molecule has 4 rings (SSSR count). The maximum atomic E-state index is 13.7. The Morgan fingerprint density at radius 1 is 0.972 bits per heavy atom. The Morgan fingerprint density at radius 3 is 2.28 bits per heavy atom. The lowest BCUT2D eigenvalue weighted by Crippen LogP contribution is -2.41. The van der Waals surface area contributed by atoms with Gasteiger partial charge in [-0.1, -0.05) is 42.0 Å². The molecule has 3 aromatic carbocycles. The quantitative estimate of drug-likeness (QED) is 0.382. The first-order chi connectivity index (χ1) is 17.4. The van der Waals surface area contributed by atoms with Crippen LogP contribution in [0.15, 0.2) is 91.4 Å². The first-order valence-electron chi connectivity index (χ1n) is 11.3. The third-order valence-electron chi connectivity index (χ3n) is 5.62. The van der Waals surface area contributed by atoms with Crippen molar-refractivity contribution in [2.45, 2.75) is 19.5 Å². The van der Waals surface area contributed by atoms with Gasteiger partial charge in [0.15, 0.2) is 0 Å². The van der Waals surface area contributed by atoms with Gasteiger partial charge in [0.1, 0.15) is 23.3 Å². The lowest BCUT2D eigenvalue weighted by Gasteiger charge is -2.31. The number of ether oxygens (including phenoxy) is 1. The van der Waals surface area contributed by atoms with Crippen LogP contribution in [0.3, 0.4) is 0 Å². The van der Waals surface area contributed by atoms with E-state index in [0.717, 1.165) is 11.1 Å². The van der Waals surface area contributed by atoms with Gasteiger partial charge in [0.2, 0.25) is 0 Å². The fourth-order valence-corrected chi connectivity index (χ4v) is 3.73. The second-order valence-electron chi connectivity index (χ2n) is 8.18. The third-order valence-corrected chi connectivity index (χ3v) is 5.62. The number of halogens is 1. The minimum absolute atomic E-state index is 0.109. The highest BCUT2D eigenvalue weighted by Crippen LogP contribution is 2.28. The average Bonchev–Trinajstić information content (AvgIpc) is 2.91. The van der Waals surface area contributed by atoms with Gasteiger partial charge in [-0.25, -0.2) is 9.37 Å². The van der Waals surface area contributed by atoms with Gasteiger partial charge >= 0.3 is 0 Å². The summed E-state index contributed by atoms with van der Waals surface area (Å²) in [5.74, 6) is -0.647. The maximum Gasteiger partial charge on any atom is 0.275 e. The molecule has 182 valence electrons. The number of carbonyl (C=O) groups is 2. The van der Waals surface area contributed by atoms with Crippen LogP contribution in [-0.2, 0) is 11.3 Å². The predicted molar refractivity (Wildman–Crippen MR) is 134 cm³/mol. The van der Waals surface area contributed by atoms with Crippen molar-refractivity contribution in [2.75, 3.05) is 12.4 Å². The number of aromatic nitrogens is 2. The summed E-state index contributed by atoms with van der Waals surface area (Å²) in [7, 11) is 1.58. The number of hydrogen-bond donors (Lipinski definition) is 1. The fraction of sp³-hybridized carbons (Fsp3) is 0.143. The van der Waals surface area contributed by atoms with Crippen molar-refractivity contribution in [2.24, 2.45) is 0 Å². The Balaban J connectivity index is 1.77. The van der Waals surface area contributed by atoms with Crippen molar-refractivity contribution in [3.8, 4) is 5.75 Å². The van der Waals surface area contributed by atoms with E-state index in [1.54, 1.807) is 19.2 Å². The maximum absolute atomic E-state index is 13.7. The lowest BCUT2D eigenvalue weighted by molar-refractivity contribution is -0.121. The van der Waals surface area contributed by atoms with Gasteiger partial charge in [0, 0.05) is 24.6 Å².